The van der Waals surface area contributed by atoms with Crippen LogP contribution < -0.4 is 4.90 Å². The first kappa shape index (κ1) is 34.9. The number of carbonyl (C=O) groups excluding carboxylic acids is 1. The molecule has 0 saturated carbocycles. The Kier molecular flexibility index (Phi) is 24.7. The normalized spacial score (nSPS) is 15.9. The summed E-state index contributed by atoms with van der Waals surface area (Å²) in [6.45, 7) is 9.70. The molecule has 2 atom stereocenters. The molecule has 0 aromatic rings. The number of Topliss-reactive ketones (excluding diaryl/α,β-unsaturated/α-hetero) is 1. The Morgan fingerprint density at radius 2 is 1.32 bits per heavy atom. The van der Waals surface area contributed by atoms with Gasteiger partial charge in [0.1, 0.15) is 18.9 Å². The van der Waals surface area contributed by atoms with Crippen molar-refractivity contribution < 1.29 is 28.4 Å². The van der Waals surface area contributed by atoms with E-state index in [1.54, 1.807) is 4.90 Å². The summed E-state index contributed by atoms with van der Waals surface area (Å²) in [6, 6.07) is 0. The van der Waals surface area contributed by atoms with E-state index in [0.29, 0.717) is 32.7 Å². The molecule has 7 heteroatoms. The molecule has 0 amide bonds. The van der Waals surface area contributed by atoms with Gasteiger partial charge in [-0.2, -0.15) is 0 Å². The lowest BCUT2D eigenvalue weighted by Gasteiger charge is -2.19. The Bertz CT molecular complexity index is 504. The van der Waals surface area contributed by atoms with Crippen LogP contribution in [0.15, 0.2) is 0 Å². The van der Waals surface area contributed by atoms with Crippen LogP contribution in [0.4, 0.5) is 0 Å². The van der Waals surface area contributed by atoms with Crippen LogP contribution in [-0.2, 0) is 18.6 Å². The highest BCUT2D eigenvalue weighted by molar-refractivity contribution is 7.40. The summed E-state index contributed by atoms with van der Waals surface area (Å²) in [5.41, 5.74) is 0. The van der Waals surface area contributed by atoms with Crippen LogP contribution in [0.3, 0.4) is 0 Å². The van der Waals surface area contributed by atoms with E-state index < -0.39 is 8.60 Å². The number of unbranched alkanes of at least 4 members (excludes halogenated alkanes) is 13. The second-order valence-electron chi connectivity index (χ2n) is 11.1. The number of hydrogen-bond donors (Lipinski definition) is 2. The number of ketones is 1. The Hall–Kier alpha value is -0.100. The fraction of sp³-hybridized carbons (Fsp3) is 0.967. The Balaban J connectivity index is 2.02. The van der Waals surface area contributed by atoms with Crippen LogP contribution >= 0.6 is 8.60 Å². The molecule has 0 spiro atoms. The van der Waals surface area contributed by atoms with E-state index in [-0.39, 0.29) is 11.7 Å². The molecule has 2 unspecified atom stereocenters. The van der Waals surface area contributed by atoms with Gasteiger partial charge in [0.2, 0.25) is 0 Å². The van der Waals surface area contributed by atoms with Crippen molar-refractivity contribution in [1.29, 1.82) is 0 Å². The second-order valence-corrected chi connectivity index (χ2v) is 12.1. The molecule has 1 heterocycles. The lowest BCUT2D eigenvalue weighted by molar-refractivity contribution is -0.887. The number of hydrogen-bond acceptors (Lipinski definition) is 5. The molecular formula is C30H61NO5P+. The lowest BCUT2D eigenvalue weighted by atomic mass is 10.0. The largest absolute Gasteiger partial charge is 0.381 e. The summed E-state index contributed by atoms with van der Waals surface area (Å²) in [5.74, 6) is 0.229. The van der Waals surface area contributed by atoms with Crippen molar-refractivity contribution in [2.45, 2.75) is 136 Å². The average Bonchev–Trinajstić information content (AvgIpc) is 3.40. The zero-order chi connectivity index (χ0) is 26.8. The predicted molar refractivity (Wildman–Crippen MR) is 155 cm³/mol. The summed E-state index contributed by atoms with van der Waals surface area (Å²) >= 11 is 0. The van der Waals surface area contributed by atoms with Gasteiger partial charge in [-0.15, -0.1) is 0 Å². The zero-order valence-electron chi connectivity index (χ0n) is 24.5. The standard InChI is InChI=1S/C30H60NO5P/c1-3-5-6-7-8-9-10-11-12-13-14-15-16-19-24-34-27-29(26-30(32)20-4-2)28-36-37(33)35-25-23-31-21-17-18-22-31/h29,33H,3-28H2,1-2H3/p+1. The molecule has 0 radical (unpaired) electrons. The Morgan fingerprint density at radius 1 is 0.757 bits per heavy atom. The van der Waals surface area contributed by atoms with Gasteiger partial charge in [-0.25, -0.2) is 0 Å². The molecule has 0 bridgehead atoms. The fourth-order valence-corrected chi connectivity index (χ4v) is 5.78. The zero-order valence-corrected chi connectivity index (χ0v) is 25.4. The molecule has 37 heavy (non-hydrogen) atoms. The number of likely N-dealkylation sites (tertiary alicyclic amines) is 1. The van der Waals surface area contributed by atoms with E-state index in [9.17, 15) is 9.69 Å². The van der Waals surface area contributed by atoms with Crippen LogP contribution in [0.5, 0.6) is 0 Å². The summed E-state index contributed by atoms with van der Waals surface area (Å²) < 4.78 is 17.0. The fourth-order valence-electron chi connectivity index (χ4n) is 5.12. The topological polar surface area (TPSA) is 69.4 Å². The van der Waals surface area contributed by atoms with Crippen molar-refractivity contribution in [2.75, 3.05) is 46.1 Å². The van der Waals surface area contributed by atoms with Crippen molar-refractivity contribution in [2.24, 2.45) is 5.92 Å². The SMILES string of the molecule is CCCCCCCCCCCCCCCCOCC(COP(O)OCC[NH+]1CCCC1)CC(=O)CCC. The smallest absolute Gasteiger partial charge is 0.330 e. The van der Waals surface area contributed by atoms with Gasteiger partial charge in [-0.1, -0.05) is 97.3 Å². The molecule has 0 aromatic carbocycles. The maximum absolute atomic E-state index is 12.2. The second kappa shape index (κ2) is 26.1. The number of quaternary nitrogens is 1. The first-order valence-electron chi connectivity index (χ1n) is 15.8. The molecule has 2 N–H and O–H groups in total. The maximum Gasteiger partial charge on any atom is 0.330 e. The summed E-state index contributed by atoms with van der Waals surface area (Å²) in [7, 11) is -1.89. The predicted octanol–water partition coefficient (Wildman–Crippen LogP) is 6.79. The average molecular weight is 547 g/mol. The molecule has 1 aliphatic rings. The highest BCUT2D eigenvalue weighted by atomic mass is 31.2. The molecule has 1 saturated heterocycles. The number of ether oxygens (including phenoxy) is 1. The molecule has 1 aliphatic heterocycles. The van der Waals surface area contributed by atoms with Gasteiger partial charge in [0.15, 0.2) is 0 Å². The minimum absolute atomic E-state index is 0.0179. The molecule has 6 nitrogen and oxygen atoms in total. The van der Waals surface area contributed by atoms with Gasteiger partial charge in [0.25, 0.3) is 0 Å². The van der Waals surface area contributed by atoms with Gasteiger partial charge >= 0.3 is 8.60 Å². The van der Waals surface area contributed by atoms with Crippen molar-refractivity contribution in [3.63, 3.8) is 0 Å². The van der Waals surface area contributed by atoms with Crippen LogP contribution in [0.2, 0.25) is 0 Å². The lowest BCUT2D eigenvalue weighted by Crippen LogP contribution is -3.10. The van der Waals surface area contributed by atoms with Crippen molar-refractivity contribution in [3.8, 4) is 0 Å². The molecule has 1 fully saturated rings. The monoisotopic (exact) mass is 546 g/mol. The minimum atomic E-state index is -1.89. The third kappa shape index (κ3) is 22.4. The Labute approximate surface area is 230 Å². The summed E-state index contributed by atoms with van der Waals surface area (Å²) in [4.78, 5) is 23.8. The van der Waals surface area contributed by atoms with Crippen molar-refractivity contribution >= 4 is 14.4 Å². The van der Waals surface area contributed by atoms with E-state index in [2.05, 4.69) is 6.92 Å². The van der Waals surface area contributed by atoms with Crippen LogP contribution in [0, 0.1) is 5.92 Å². The van der Waals surface area contributed by atoms with E-state index in [4.69, 9.17) is 13.8 Å². The number of carbonyl (C=O) groups is 1. The van der Waals surface area contributed by atoms with Crippen LogP contribution in [-0.4, -0.2) is 56.7 Å². The van der Waals surface area contributed by atoms with Gasteiger partial charge in [0, 0.05) is 38.2 Å². The molecule has 220 valence electrons. The molecular weight excluding hydrogens is 485 g/mol. The van der Waals surface area contributed by atoms with Gasteiger partial charge in [-0.3, -0.25) is 4.79 Å². The third-order valence-electron chi connectivity index (χ3n) is 7.43. The number of nitrogens with one attached hydrogen (secondary N) is 1. The number of rotatable bonds is 28. The quantitative estimate of drug-likeness (QED) is 0.0835. The summed E-state index contributed by atoms with van der Waals surface area (Å²) in [6.07, 6.45) is 23.4. The summed E-state index contributed by atoms with van der Waals surface area (Å²) in [5, 5.41) is 0. The van der Waals surface area contributed by atoms with E-state index in [0.717, 1.165) is 26.0 Å². The van der Waals surface area contributed by atoms with Gasteiger partial charge in [-0.05, 0) is 12.8 Å². The van der Waals surface area contributed by atoms with Gasteiger partial charge in [0.05, 0.1) is 26.3 Å². The van der Waals surface area contributed by atoms with Crippen molar-refractivity contribution in [3.05, 3.63) is 0 Å². The first-order valence-corrected chi connectivity index (χ1v) is 17.0. The molecule has 0 aliphatic carbocycles. The van der Waals surface area contributed by atoms with Crippen LogP contribution in [0.1, 0.15) is 136 Å². The first-order chi connectivity index (χ1) is 18.2. The van der Waals surface area contributed by atoms with E-state index >= 15 is 0 Å². The highest BCUT2D eigenvalue weighted by Crippen LogP contribution is 2.33. The van der Waals surface area contributed by atoms with Crippen molar-refractivity contribution in [1.82, 2.24) is 0 Å². The third-order valence-corrected chi connectivity index (χ3v) is 8.20. The van der Waals surface area contributed by atoms with Crippen LogP contribution in [0.25, 0.3) is 0 Å². The highest BCUT2D eigenvalue weighted by Gasteiger charge is 2.19. The van der Waals surface area contributed by atoms with E-state index in [1.807, 2.05) is 6.92 Å². The van der Waals surface area contributed by atoms with E-state index in [1.165, 1.54) is 109 Å². The maximum atomic E-state index is 12.2. The van der Waals surface area contributed by atoms with Gasteiger partial charge < -0.3 is 23.6 Å². The molecule has 0 aromatic heterocycles. The Morgan fingerprint density at radius 3 is 1.89 bits per heavy atom. The minimum Gasteiger partial charge on any atom is -0.381 e. The molecule has 1 rings (SSSR count).